The van der Waals surface area contributed by atoms with Gasteiger partial charge in [-0.2, -0.15) is 11.3 Å². The number of benzene rings is 2. The molecule has 0 fully saturated rings. The van der Waals surface area contributed by atoms with E-state index in [-0.39, 0.29) is 10.8 Å². The molecular weight excluding hydrogens is 474 g/mol. The molecule has 33 heavy (non-hydrogen) atoms. The van der Waals surface area contributed by atoms with Gasteiger partial charge in [-0.05, 0) is 57.3 Å². The minimum Gasteiger partial charge on any atom is -0.858 e. The molecular formula is C25H17ClN3O2S2-. The van der Waals surface area contributed by atoms with E-state index in [0.29, 0.717) is 9.92 Å². The van der Waals surface area contributed by atoms with Crippen molar-refractivity contribution >= 4 is 34.7 Å². The maximum atomic E-state index is 13.4. The predicted octanol–water partition coefficient (Wildman–Crippen LogP) is 5.82. The Morgan fingerprint density at radius 1 is 1.00 bits per heavy atom. The number of hydrogen-bond acceptors (Lipinski definition) is 5. The van der Waals surface area contributed by atoms with Crippen LogP contribution in [-0.4, -0.2) is 14.8 Å². The van der Waals surface area contributed by atoms with Gasteiger partial charge in [-0.1, -0.05) is 65.8 Å². The highest BCUT2D eigenvalue weighted by atomic mass is 35.5. The topological polar surface area (TPSA) is 73.7 Å². The van der Waals surface area contributed by atoms with E-state index in [2.05, 4.69) is 10.1 Å². The molecule has 1 N–H and O–H groups in total. The number of rotatable bonds is 6. The van der Waals surface area contributed by atoms with E-state index < -0.39 is 11.6 Å². The summed E-state index contributed by atoms with van der Waals surface area (Å²) in [7, 11) is 0. The Bertz CT molecular complexity index is 1430. The first-order chi connectivity index (χ1) is 16.1. The van der Waals surface area contributed by atoms with Crippen LogP contribution in [0.4, 0.5) is 0 Å². The Morgan fingerprint density at radius 2 is 1.82 bits per heavy atom. The standard InChI is InChI=1S/C25H18ClN3O2S2/c26-20-5-1-2-6-21(20)33-23-24(30)28-29(25(23)31)22(19-11-13-32-15-19)17-9-7-16(8-10-17)18-4-3-12-27-14-18/h1-15,22,31H,(H,28,30)/p-1. The number of aromatic amines is 1. The minimum atomic E-state index is -0.458. The van der Waals surface area contributed by atoms with Crippen molar-refractivity contribution in [1.29, 1.82) is 0 Å². The Labute approximate surface area is 203 Å². The SMILES string of the molecule is O=c1[nH]n(C(c2ccc(-c3cccnc3)cc2)c2ccsc2)c([O-])c1Sc1ccccc1Cl. The van der Waals surface area contributed by atoms with Gasteiger partial charge < -0.3 is 5.11 Å². The maximum absolute atomic E-state index is 13.4. The Morgan fingerprint density at radius 3 is 2.52 bits per heavy atom. The molecule has 0 saturated carbocycles. The van der Waals surface area contributed by atoms with Crippen LogP contribution in [0.2, 0.25) is 5.02 Å². The van der Waals surface area contributed by atoms with E-state index >= 15 is 0 Å². The molecule has 5 aromatic rings. The molecule has 0 spiro atoms. The van der Waals surface area contributed by atoms with Crippen LogP contribution < -0.4 is 10.7 Å². The summed E-state index contributed by atoms with van der Waals surface area (Å²) in [5.74, 6) is -0.377. The normalized spacial score (nSPS) is 12.0. The fourth-order valence-electron chi connectivity index (χ4n) is 3.64. The molecule has 0 aliphatic heterocycles. The Hall–Kier alpha value is -3.26. The second-order valence-electron chi connectivity index (χ2n) is 7.30. The van der Waals surface area contributed by atoms with E-state index in [1.54, 1.807) is 29.7 Å². The summed E-state index contributed by atoms with van der Waals surface area (Å²) in [6, 6.07) is 20.5. The van der Waals surface area contributed by atoms with Gasteiger partial charge in [0.2, 0.25) is 0 Å². The van der Waals surface area contributed by atoms with Crippen molar-refractivity contribution < 1.29 is 5.11 Å². The molecule has 0 amide bonds. The summed E-state index contributed by atoms with van der Waals surface area (Å²) >= 11 is 8.87. The highest BCUT2D eigenvalue weighted by Gasteiger charge is 2.21. The van der Waals surface area contributed by atoms with Crippen LogP contribution in [-0.2, 0) is 0 Å². The molecule has 5 rings (SSSR count). The predicted molar refractivity (Wildman–Crippen MR) is 131 cm³/mol. The van der Waals surface area contributed by atoms with Gasteiger partial charge >= 0.3 is 0 Å². The number of nitrogens with zero attached hydrogens (tertiary/aromatic N) is 2. The molecule has 3 heterocycles. The molecule has 0 aliphatic rings. The van der Waals surface area contributed by atoms with Crippen LogP contribution in [0.5, 0.6) is 5.88 Å². The van der Waals surface area contributed by atoms with Crippen LogP contribution >= 0.6 is 34.7 Å². The van der Waals surface area contributed by atoms with Crippen molar-refractivity contribution in [2.45, 2.75) is 15.8 Å². The number of nitrogens with one attached hydrogen (secondary N) is 1. The van der Waals surface area contributed by atoms with Gasteiger partial charge in [-0.3, -0.25) is 19.6 Å². The summed E-state index contributed by atoms with van der Waals surface area (Å²) in [6.45, 7) is 0. The van der Waals surface area contributed by atoms with Gasteiger partial charge in [0.1, 0.15) is 0 Å². The fraction of sp³-hybridized carbons (Fsp3) is 0.0400. The highest BCUT2D eigenvalue weighted by molar-refractivity contribution is 7.99. The van der Waals surface area contributed by atoms with Crippen LogP contribution in [0.25, 0.3) is 11.1 Å². The third-order valence-corrected chi connectivity index (χ3v) is 7.51. The monoisotopic (exact) mass is 490 g/mol. The van der Waals surface area contributed by atoms with Gasteiger partial charge in [-0.25, -0.2) is 0 Å². The quantitative estimate of drug-likeness (QED) is 0.325. The van der Waals surface area contributed by atoms with E-state index in [4.69, 9.17) is 11.6 Å². The number of hydrogen-bond donors (Lipinski definition) is 1. The highest BCUT2D eigenvalue weighted by Crippen LogP contribution is 2.38. The number of thiophene rings is 1. The largest absolute Gasteiger partial charge is 0.858 e. The van der Waals surface area contributed by atoms with E-state index in [0.717, 1.165) is 34.0 Å². The van der Waals surface area contributed by atoms with Crippen molar-refractivity contribution in [2.24, 2.45) is 0 Å². The van der Waals surface area contributed by atoms with Gasteiger partial charge in [0.05, 0.1) is 16.0 Å². The summed E-state index contributed by atoms with van der Waals surface area (Å²) in [6.07, 6.45) is 3.55. The third-order valence-electron chi connectivity index (χ3n) is 5.23. The molecule has 0 aliphatic carbocycles. The van der Waals surface area contributed by atoms with Crippen molar-refractivity contribution in [3.63, 3.8) is 0 Å². The summed E-state index contributed by atoms with van der Waals surface area (Å²) in [5.41, 5.74) is 3.41. The average molecular weight is 491 g/mol. The van der Waals surface area contributed by atoms with Crippen molar-refractivity contribution in [1.82, 2.24) is 14.8 Å². The van der Waals surface area contributed by atoms with Crippen LogP contribution in [0.3, 0.4) is 0 Å². The van der Waals surface area contributed by atoms with Gasteiger partial charge in [0.25, 0.3) is 5.56 Å². The number of pyridine rings is 1. The molecule has 164 valence electrons. The third kappa shape index (κ3) is 4.35. The molecule has 3 aromatic heterocycles. The first kappa shape index (κ1) is 21.6. The fourth-order valence-corrected chi connectivity index (χ4v) is 5.43. The van der Waals surface area contributed by atoms with Crippen LogP contribution in [0, 0.1) is 0 Å². The van der Waals surface area contributed by atoms with Crippen molar-refractivity contribution in [3.8, 4) is 17.0 Å². The van der Waals surface area contributed by atoms with Gasteiger partial charge in [0, 0.05) is 23.2 Å². The lowest BCUT2D eigenvalue weighted by molar-refractivity contribution is -0.284. The molecule has 1 atom stereocenters. The Balaban J connectivity index is 1.56. The molecule has 1 unspecified atom stereocenters. The number of H-pyrrole nitrogens is 1. The summed E-state index contributed by atoms with van der Waals surface area (Å²) in [4.78, 5) is 17.7. The number of aromatic nitrogens is 3. The zero-order valence-electron chi connectivity index (χ0n) is 17.1. The molecule has 0 saturated heterocycles. The Kier molecular flexibility index (Phi) is 6.09. The average Bonchev–Trinajstić information content (AvgIpc) is 3.46. The van der Waals surface area contributed by atoms with Gasteiger partial charge in [0.15, 0.2) is 0 Å². The first-order valence-corrected chi connectivity index (χ1v) is 12.2. The smallest absolute Gasteiger partial charge is 0.277 e. The lowest BCUT2D eigenvalue weighted by atomic mass is 9.98. The molecule has 5 nitrogen and oxygen atoms in total. The lowest BCUT2D eigenvalue weighted by Gasteiger charge is -2.24. The maximum Gasteiger partial charge on any atom is 0.277 e. The molecule has 8 heteroatoms. The molecule has 2 aromatic carbocycles. The molecule has 0 radical (unpaired) electrons. The lowest BCUT2D eigenvalue weighted by Crippen LogP contribution is -2.17. The van der Waals surface area contributed by atoms with Crippen LogP contribution in [0.15, 0.2) is 104 Å². The van der Waals surface area contributed by atoms with Crippen LogP contribution in [0.1, 0.15) is 17.2 Å². The van der Waals surface area contributed by atoms with Crippen molar-refractivity contribution in [2.75, 3.05) is 0 Å². The second-order valence-corrected chi connectivity index (χ2v) is 9.54. The van der Waals surface area contributed by atoms with E-state index in [1.807, 2.05) is 71.6 Å². The van der Waals surface area contributed by atoms with Crippen molar-refractivity contribution in [3.05, 3.63) is 116 Å². The van der Waals surface area contributed by atoms with E-state index in [9.17, 15) is 9.90 Å². The summed E-state index contributed by atoms with van der Waals surface area (Å²) in [5, 5.41) is 20.6. The summed E-state index contributed by atoms with van der Waals surface area (Å²) < 4.78 is 1.41. The zero-order valence-corrected chi connectivity index (χ0v) is 19.5. The first-order valence-electron chi connectivity index (χ1n) is 10.1. The van der Waals surface area contributed by atoms with Gasteiger partial charge in [-0.15, -0.1) is 0 Å². The number of halogens is 1. The minimum absolute atomic E-state index is 0.0929. The zero-order chi connectivity index (χ0) is 22.8. The van der Waals surface area contributed by atoms with E-state index in [1.165, 1.54) is 4.68 Å². The second kappa shape index (κ2) is 9.31. The molecule has 0 bridgehead atoms.